The molecule has 2 rings (SSSR count). The van der Waals surface area contributed by atoms with E-state index < -0.39 is 0 Å². The fraction of sp³-hybridized carbons (Fsp3) is 0.636. The zero-order chi connectivity index (χ0) is 11.4. The third-order valence-electron chi connectivity index (χ3n) is 2.67. The summed E-state index contributed by atoms with van der Waals surface area (Å²) in [7, 11) is 2.02. The molecule has 1 aliphatic heterocycles. The number of imidazole rings is 1. The molecule has 0 aromatic carbocycles. The Kier molecular flexibility index (Phi) is 3.88. The molecule has 1 unspecified atom stereocenters. The Morgan fingerprint density at radius 2 is 2.56 bits per heavy atom. The van der Waals surface area contributed by atoms with E-state index in [2.05, 4.69) is 22.2 Å². The molecular formula is C11H18N4S. The Morgan fingerprint density at radius 3 is 3.25 bits per heavy atom. The van der Waals surface area contributed by atoms with E-state index in [9.17, 15) is 0 Å². The number of hydrogen-bond acceptors (Lipinski definition) is 3. The van der Waals surface area contributed by atoms with Crippen LogP contribution in [0.4, 0.5) is 0 Å². The van der Waals surface area contributed by atoms with Crippen LogP contribution in [0, 0.1) is 0 Å². The van der Waals surface area contributed by atoms with E-state index in [0.29, 0.717) is 6.04 Å². The van der Waals surface area contributed by atoms with Crippen molar-refractivity contribution in [3.63, 3.8) is 0 Å². The average molecular weight is 238 g/mol. The molecule has 0 saturated carbocycles. The van der Waals surface area contributed by atoms with E-state index in [1.807, 2.05) is 35.8 Å². The molecule has 0 spiro atoms. The van der Waals surface area contributed by atoms with Gasteiger partial charge < -0.3 is 9.88 Å². The van der Waals surface area contributed by atoms with Crippen molar-refractivity contribution in [1.82, 2.24) is 14.9 Å². The lowest BCUT2D eigenvalue weighted by molar-refractivity contribution is 0.641. The van der Waals surface area contributed by atoms with Gasteiger partial charge in [0.2, 0.25) is 0 Å². The number of nitrogens with zero attached hydrogens (tertiary/aromatic N) is 3. The minimum atomic E-state index is 0.563. The number of aliphatic imine (C=N–C) groups is 1. The molecule has 1 aromatic rings. The Balaban J connectivity index is 1.82. The number of aromatic nitrogens is 2. The summed E-state index contributed by atoms with van der Waals surface area (Å²) in [5, 5.41) is 4.49. The monoisotopic (exact) mass is 238 g/mol. The fourth-order valence-corrected chi connectivity index (χ4v) is 2.77. The molecule has 0 amide bonds. The van der Waals surface area contributed by atoms with Gasteiger partial charge in [-0.15, -0.1) is 0 Å². The maximum atomic E-state index is 4.56. The summed E-state index contributed by atoms with van der Waals surface area (Å²) >= 11 is 1.82. The Morgan fingerprint density at radius 1 is 1.69 bits per heavy atom. The molecule has 1 aromatic heterocycles. The molecule has 1 aliphatic rings. The Labute approximate surface area is 101 Å². The number of thioether (sulfide) groups is 1. The van der Waals surface area contributed by atoms with Crippen LogP contribution in [0.15, 0.2) is 17.4 Å². The first-order valence-corrected chi connectivity index (χ1v) is 6.64. The minimum Gasteiger partial charge on any atom is -0.362 e. The number of aryl methyl sites for hydroxylation is 1. The second-order valence-electron chi connectivity index (χ2n) is 4.07. The van der Waals surface area contributed by atoms with Gasteiger partial charge in [-0.3, -0.25) is 4.99 Å². The molecule has 0 aliphatic carbocycles. The van der Waals surface area contributed by atoms with E-state index >= 15 is 0 Å². The van der Waals surface area contributed by atoms with Crippen LogP contribution >= 0.6 is 11.8 Å². The van der Waals surface area contributed by atoms with Gasteiger partial charge in [-0.2, -0.15) is 0 Å². The van der Waals surface area contributed by atoms with Crippen molar-refractivity contribution in [2.24, 2.45) is 12.0 Å². The van der Waals surface area contributed by atoms with Gasteiger partial charge in [-0.1, -0.05) is 11.8 Å². The minimum absolute atomic E-state index is 0.563. The summed E-state index contributed by atoms with van der Waals surface area (Å²) in [4.78, 5) is 8.84. The first kappa shape index (κ1) is 11.5. The van der Waals surface area contributed by atoms with Crippen molar-refractivity contribution in [2.75, 3.05) is 12.3 Å². The molecule has 4 nitrogen and oxygen atoms in total. The summed E-state index contributed by atoms with van der Waals surface area (Å²) in [6, 6.07) is 0.563. The summed E-state index contributed by atoms with van der Waals surface area (Å²) < 4.78 is 2.05. The molecule has 5 heteroatoms. The van der Waals surface area contributed by atoms with Gasteiger partial charge in [0.05, 0.1) is 0 Å². The van der Waals surface area contributed by atoms with Gasteiger partial charge in [-0.25, -0.2) is 4.98 Å². The first-order chi connectivity index (χ1) is 7.75. The SMILES string of the molecule is CC1CCSC(=NCCc2nccn2C)N1. The van der Waals surface area contributed by atoms with E-state index in [1.54, 1.807) is 0 Å². The van der Waals surface area contributed by atoms with Crippen LogP contribution in [0.3, 0.4) is 0 Å². The Hall–Kier alpha value is -0.970. The van der Waals surface area contributed by atoms with Gasteiger partial charge in [0.15, 0.2) is 5.17 Å². The standard InChI is InChI=1S/C11H18N4S/c1-9-4-8-16-11(14-9)13-5-3-10-12-6-7-15(10)2/h6-7,9H,3-5,8H2,1-2H3,(H,13,14). The van der Waals surface area contributed by atoms with Crippen molar-refractivity contribution < 1.29 is 0 Å². The van der Waals surface area contributed by atoms with E-state index in [0.717, 1.165) is 24.0 Å². The van der Waals surface area contributed by atoms with Gasteiger partial charge in [-0.05, 0) is 13.3 Å². The lowest BCUT2D eigenvalue weighted by atomic mass is 10.3. The average Bonchev–Trinajstić information content (AvgIpc) is 2.65. The van der Waals surface area contributed by atoms with Crippen LogP contribution in [-0.4, -0.2) is 33.1 Å². The third kappa shape index (κ3) is 3.01. The highest BCUT2D eigenvalue weighted by Gasteiger charge is 2.12. The molecular weight excluding hydrogens is 220 g/mol. The van der Waals surface area contributed by atoms with Crippen molar-refractivity contribution in [2.45, 2.75) is 25.8 Å². The van der Waals surface area contributed by atoms with Crippen molar-refractivity contribution in [1.29, 1.82) is 0 Å². The fourth-order valence-electron chi connectivity index (χ4n) is 1.64. The second-order valence-corrected chi connectivity index (χ2v) is 5.16. The number of rotatable bonds is 3. The van der Waals surface area contributed by atoms with Gasteiger partial charge in [0, 0.05) is 44.2 Å². The summed E-state index contributed by atoms with van der Waals surface area (Å²) in [6.45, 7) is 3.01. The highest BCUT2D eigenvalue weighted by atomic mass is 32.2. The molecule has 2 heterocycles. The van der Waals surface area contributed by atoms with Crippen molar-refractivity contribution >= 4 is 16.9 Å². The summed E-state index contributed by atoms with van der Waals surface area (Å²) in [6.07, 6.45) is 5.93. The largest absolute Gasteiger partial charge is 0.362 e. The zero-order valence-corrected chi connectivity index (χ0v) is 10.6. The van der Waals surface area contributed by atoms with E-state index in [1.165, 1.54) is 12.2 Å². The normalized spacial score (nSPS) is 23.4. The van der Waals surface area contributed by atoms with Crippen LogP contribution in [-0.2, 0) is 13.5 Å². The molecule has 1 atom stereocenters. The van der Waals surface area contributed by atoms with Gasteiger partial charge in [0.25, 0.3) is 0 Å². The summed E-state index contributed by atoms with van der Waals surface area (Å²) in [5.41, 5.74) is 0. The lowest BCUT2D eigenvalue weighted by Gasteiger charge is -2.21. The summed E-state index contributed by atoms with van der Waals surface area (Å²) in [5.74, 6) is 2.27. The van der Waals surface area contributed by atoms with E-state index in [4.69, 9.17) is 0 Å². The Bertz CT molecular complexity index is 372. The molecule has 1 fully saturated rings. The maximum Gasteiger partial charge on any atom is 0.156 e. The molecule has 16 heavy (non-hydrogen) atoms. The molecule has 88 valence electrons. The predicted molar refractivity (Wildman–Crippen MR) is 68.9 cm³/mol. The third-order valence-corrected chi connectivity index (χ3v) is 3.63. The lowest BCUT2D eigenvalue weighted by Crippen LogP contribution is -2.35. The van der Waals surface area contributed by atoms with Crippen LogP contribution in [0.25, 0.3) is 0 Å². The molecule has 1 N–H and O–H groups in total. The van der Waals surface area contributed by atoms with Crippen LogP contribution in [0.2, 0.25) is 0 Å². The number of amidine groups is 1. The zero-order valence-electron chi connectivity index (χ0n) is 9.81. The van der Waals surface area contributed by atoms with Crippen LogP contribution in [0.5, 0.6) is 0 Å². The first-order valence-electron chi connectivity index (χ1n) is 5.65. The molecule has 0 bridgehead atoms. The second kappa shape index (κ2) is 5.39. The smallest absolute Gasteiger partial charge is 0.156 e. The quantitative estimate of drug-likeness (QED) is 0.866. The van der Waals surface area contributed by atoms with Gasteiger partial charge >= 0.3 is 0 Å². The molecule has 0 radical (unpaired) electrons. The predicted octanol–water partition coefficient (Wildman–Crippen LogP) is 1.43. The number of nitrogens with one attached hydrogen (secondary N) is 1. The van der Waals surface area contributed by atoms with Gasteiger partial charge in [0.1, 0.15) is 5.82 Å². The van der Waals surface area contributed by atoms with Crippen molar-refractivity contribution in [3.05, 3.63) is 18.2 Å². The topological polar surface area (TPSA) is 42.2 Å². The maximum absolute atomic E-state index is 4.56. The van der Waals surface area contributed by atoms with Crippen molar-refractivity contribution in [3.8, 4) is 0 Å². The molecule has 1 saturated heterocycles. The highest BCUT2D eigenvalue weighted by molar-refractivity contribution is 8.13. The number of hydrogen-bond donors (Lipinski definition) is 1. The highest BCUT2D eigenvalue weighted by Crippen LogP contribution is 2.13. The van der Waals surface area contributed by atoms with Crippen LogP contribution in [0.1, 0.15) is 19.2 Å². The van der Waals surface area contributed by atoms with E-state index in [-0.39, 0.29) is 0 Å². The van der Waals surface area contributed by atoms with Crippen LogP contribution < -0.4 is 5.32 Å².